The molecule has 0 aliphatic carbocycles. The van der Waals surface area contributed by atoms with Gasteiger partial charge in [-0.1, -0.05) is 84.9 Å². The van der Waals surface area contributed by atoms with Crippen molar-refractivity contribution in [1.29, 1.82) is 0 Å². The van der Waals surface area contributed by atoms with Crippen LogP contribution in [0.2, 0.25) is 0 Å². The second kappa shape index (κ2) is 9.75. The number of carbonyl (C=O) groups excluding carboxylic acids is 1. The number of hydrogen-bond donors (Lipinski definition) is 1. The molecular weight excluding hydrogens is 472 g/mol. The summed E-state index contributed by atoms with van der Waals surface area (Å²) in [7, 11) is 0. The summed E-state index contributed by atoms with van der Waals surface area (Å²) in [6.45, 7) is 0. The molecule has 0 aliphatic rings. The van der Waals surface area contributed by atoms with Crippen LogP contribution in [0.25, 0.3) is 38.8 Å². The summed E-state index contributed by atoms with van der Waals surface area (Å²) in [6.07, 6.45) is 1.98. The SMILES string of the molecule is NC(=O)Cc1c(-c2cccc3ccccc23)cccc1-n1c(=O)c(Cc2ccccc2)nc2cccnc21. The summed E-state index contributed by atoms with van der Waals surface area (Å²) >= 11 is 0. The fourth-order valence-corrected chi connectivity index (χ4v) is 5.05. The fourth-order valence-electron chi connectivity index (χ4n) is 5.05. The fraction of sp³-hybridized carbons (Fsp3) is 0.0625. The Morgan fingerprint density at radius 3 is 2.37 bits per heavy atom. The molecule has 1 amide bonds. The third-order valence-corrected chi connectivity index (χ3v) is 6.72. The average Bonchev–Trinajstić information content (AvgIpc) is 2.94. The Morgan fingerprint density at radius 1 is 0.789 bits per heavy atom. The molecule has 6 aromatic rings. The van der Waals surface area contributed by atoms with Crippen LogP contribution in [0.15, 0.2) is 114 Å². The first-order valence-corrected chi connectivity index (χ1v) is 12.4. The zero-order valence-electron chi connectivity index (χ0n) is 20.5. The molecule has 4 aromatic carbocycles. The summed E-state index contributed by atoms with van der Waals surface area (Å²) < 4.78 is 1.58. The highest BCUT2D eigenvalue weighted by Gasteiger charge is 2.20. The Morgan fingerprint density at radius 2 is 1.53 bits per heavy atom. The van der Waals surface area contributed by atoms with Gasteiger partial charge in [-0.05, 0) is 51.2 Å². The molecule has 6 rings (SSSR count). The third kappa shape index (κ3) is 4.22. The molecule has 0 unspecified atom stereocenters. The van der Waals surface area contributed by atoms with Crippen LogP contribution >= 0.6 is 0 Å². The maximum Gasteiger partial charge on any atom is 0.278 e. The van der Waals surface area contributed by atoms with Crippen LogP contribution < -0.4 is 11.3 Å². The number of carbonyl (C=O) groups is 1. The highest BCUT2D eigenvalue weighted by molar-refractivity contribution is 5.98. The van der Waals surface area contributed by atoms with Gasteiger partial charge in [0.1, 0.15) is 11.2 Å². The lowest BCUT2D eigenvalue weighted by Crippen LogP contribution is -2.27. The Balaban J connectivity index is 1.65. The minimum atomic E-state index is -0.484. The normalized spacial score (nSPS) is 11.2. The number of nitrogens with two attached hydrogens (primary N) is 1. The van der Waals surface area contributed by atoms with Crippen molar-refractivity contribution in [3.8, 4) is 16.8 Å². The second-order valence-corrected chi connectivity index (χ2v) is 9.18. The summed E-state index contributed by atoms with van der Waals surface area (Å²) in [4.78, 5) is 35.6. The van der Waals surface area contributed by atoms with Gasteiger partial charge in [-0.3, -0.25) is 14.2 Å². The third-order valence-electron chi connectivity index (χ3n) is 6.72. The summed E-state index contributed by atoms with van der Waals surface area (Å²) in [5.74, 6) is -0.484. The van der Waals surface area contributed by atoms with Gasteiger partial charge in [0.2, 0.25) is 5.91 Å². The van der Waals surface area contributed by atoms with Crippen molar-refractivity contribution >= 4 is 27.8 Å². The van der Waals surface area contributed by atoms with E-state index in [9.17, 15) is 9.59 Å². The maximum atomic E-state index is 14.0. The summed E-state index contributed by atoms with van der Waals surface area (Å²) in [5, 5.41) is 2.13. The molecular formula is C32H24N4O2. The van der Waals surface area contributed by atoms with Gasteiger partial charge in [0.05, 0.1) is 12.1 Å². The molecule has 0 saturated heterocycles. The highest BCUT2D eigenvalue weighted by atomic mass is 16.1. The molecule has 38 heavy (non-hydrogen) atoms. The van der Waals surface area contributed by atoms with E-state index in [0.29, 0.717) is 34.5 Å². The molecule has 2 N–H and O–H groups in total. The Bertz CT molecular complexity index is 1870. The van der Waals surface area contributed by atoms with Crippen LogP contribution in [0.5, 0.6) is 0 Å². The van der Waals surface area contributed by atoms with E-state index < -0.39 is 5.91 Å². The van der Waals surface area contributed by atoms with E-state index in [2.05, 4.69) is 28.2 Å². The number of aromatic nitrogens is 3. The standard InChI is InChI=1S/C32H24N4O2/c33-30(37)20-26-25(24-14-6-12-22-11-4-5-13-23(22)24)15-7-17-29(26)36-31-27(16-8-18-34-31)35-28(32(36)38)19-21-9-2-1-3-10-21/h1-18H,19-20H2,(H2,33,37). The quantitative estimate of drug-likeness (QED) is 0.342. The van der Waals surface area contributed by atoms with Gasteiger partial charge < -0.3 is 5.73 Å². The van der Waals surface area contributed by atoms with E-state index in [4.69, 9.17) is 5.73 Å². The van der Waals surface area contributed by atoms with Crippen LogP contribution in [0.3, 0.4) is 0 Å². The molecule has 2 aromatic heterocycles. The predicted octanol–water partition coefficient (Wildman–Crippen LogP) is 5.22. The Labute approximate surface area is 219 Å². The lowest BCUT2D eigenvalue weighted by Gasteiger charge is -2.19. The van der Waals surface area contributed by atoms with Gasteiger partial charge in [0, 0.05) is 12.6 Å². The molecule has 0 saturated carbocycles. The van der Waals surface area contributed by atoms with Crippen molar-refractivity contribution in [2.75, 3.05) is 0 Å². The number of primary amides is 1. The van der Waals surface area contributed by atoms with Crippen LogP contribution in [-0.2, 0) is 17.6 Å². The number of fused-ring (bicyclic) bond motifs is 2. The lowest BCUT2D eigenvalue weighted by atomic mass is 9.92. The first-order valence-electron chi connectivity index (χ1n) is 12.4. The molecule has 0 aliphatic heterocycles. The molecule has 0 bridgehead atoms. The number of rotatable bonds is 6. The molecule has 2 heterocycles. The Hall–Kier alpha value is -5.10. The minimum Gasteiger partial charge on any atom is -0.369 e. The molecule has 184 valence electrons. The van der Waals surface area contributed by atoms with Gasteiger partial charge in [0.25, 0.3) is 5.56 Å². The summed E-state index contributed by atoms with van der Waals surface area (Å²) in [5.41, 5.74) is 10.9. The van der Waals surface area contributed by atoms with Crippen molar-refractivity contribution in [1.82, 2.24) is 14.5 Å². The number of pyridine rings is 1. The van der Waals surface area contributed by atoms with E-state index in [-0.39, 0.29) is 12.0 Å². The molecule has 0 radical (unpaired) electrons. The molecule has 0 spiro atoms. The average molecular weight is 497 g/mol. The topological polar surface area (TPSA) is 90.9 Å². The van der Waals surface area contributed by atoms with Crippen molar-refractivity contribution in [3.63, 3.8) is 0 Å². The van der Waals surface area contributed by atoms with Gasteiger partial charge in [0.15, 0.2) is 5.65 Å². The van der Waals surface area contributed by atoms with E-state index in [1.165, 1.54) is 0 Å². The monoisotopic (exact) mass is 496 g/mol. The molecule has 0 atom stereocenters. The second-order valence-electron chi connectivity index (χ2n) is 9.18. The largest absolute Gasteiger partial charge is 0.369 e. The van der Waals surface area contributed by atoms with E-state index in [0.717, 1.165) is 27.5 Å². The van der Waals surface area contributed by atoms with Gasteiger partial charge in [-0.25, -0.2) is 9.97 Å². The molecule has 0 fully saturated rings. The van der Waals surface area contributed by atoms with Crippen molar-refractivity contribution in [2.45, 2.75) is 12.8 Å². The maximum absolute atomic E-state index is 14.0. The minimum absolute atomic E-state index is 0.0359. The number of amides is 1. The van der Waals surface area contributed by atoms with Crippen LogP contribution in [-0.4, -0.2) is 20.4 Å². The highest BCUT2D eigenvalue weighted by Crippen LogP contribution is 2.34. The number of nitrogens with zero attached hydrogens (tertiary/aromatic N) is 3. The molecule has 6 heteroatoms. The first kappa shape index (κ1) is 23.3. The zero-order chi connectivity index (χ0) is 26.1. The van der Waals surface area contributed by atoms with E-state index in [1.54, 1.807) is 16.8 Å². The van der Waals surface area contributed by atoms with Crippen LogP contribution in [0, 0.1) is 0 Å². The smallest absolute Gasteiger partial charge is 0.278 e. The van der Waals surface area contributed by atoms with Gasteiger partial charge >= 0.3 is 0 Å². The summed E-state index contributed by atoms with van der Waals surface area (Å²) in [6, 6.07) is 33.3. The van der Waals surface area contributed by atoms with E-state index in [1.807, 2.05) is 78.9 Å². The van der Waals surface area contributed by atoms with Crippen LogP contribution in [0.4, 0.5) is 0 Å². The van der Waals surface area contributed by atoms with Crippen molar-refractivity contribution < 1.29 is 4.79 Å². The predicted molar refractivity (Wildman–Crippen MR) is 150 cm³/mol. The van der Waals surface area contributed by atoms with Crippen molar-refractivity contribution in [2.24, 2.45) is 5.73 Å². The van der Waals surface area contributed by atoms with Crippen LogP contribution in [0.1, 0.15) is 16.8 Å². The van der Waals surface area contributed by atoms with Crippen molar-refractivity contribution in [3.05, 3.63) is 136 Å². The first-order chi connectivity index (χ1) is 18.6. The number of benzene rings is 4. The van der Waals surface area contributed by atoms with Gasteiger partial charge in [-0.2, -0.15) is 0 Å². The molecule has 6 nitrogen and oxygen atoms in total. The van der Waals surface area contributed by atoms with E-state index >= 15 is 0 Å². The number of hydrogen-bond acceptors (Lipinski definition) is 4. The Kier molecular flexibility index (Phi) is 5.98. The van der Waals surface area contributed by atoms with Gasteiger partial charge in [-0.15, -0.1) is 0 Å². The lowest BCUT2D eigenvalue weighted by molar-refractivity contribution is -0.117. The zero-order valence-corrected chi connectivity index (χ0v) is 20.5.